The molecule has 1 unspecified atom stereocenters. The van der Waals surface area contributed by atoms with Crippen LogP contribution in [0.3, 0.4) is 0 Å². The Balaban J connectivity index is 1.84. The van der Waals surface area contributed by atoms with Crippen LogP contribution >= 0.6 is 0 Å². The summed E-state index contributed by atoms with van der Waals surface area (Å²) in [6.45, 7) is 9.76. The number of hydrogen-bond acceptors (Lipinski definition) is 13. The molecule has 3 fully saturated rings. The average Bonchev–Trinajstić information content (AvgIpc) is 2.90. The second-order valence-electron chi connectivity index (χ2n) is 13.0. The van der Waals surface area contributed by atoms with E-state index < -0.39 is 101 Å². The predicted octanol–water partition coefficient (Wildman–Crippen LogP) is -0.736. The number of amides is 1. The van der Waals surface area contributed by atoms with Crippen LogP contribution in [0.15, 0.2) is 11.1 Å². The third-order valence-corrected chi connectivity index (χ3v) is 10.3. The first-order chi connectivity index (χ1) is 19.8. The molecule has 11 atom stereocenters. The summed E-state index contributed by atoms with van der Waals surface area (Å²) in [5.74, 6) is -4.33. The van der Waals surface area contributed by atoms with Gasteiger partial charge in [-0.2, -0.15) is 0 Å². The molecule has 0 radical (unpaired) electrons. The molecule has 0 aromatic heterocycles. The van der Waals surface area contributed by atoms with Crippen molar-refractivity contribution in [2.24, 2.45) is 16.7 Å². The number of rotatable bonds is 6. The van der Waals surface area contributed by atoms with Gasteiger partial charge in [0, 0.05) is 31.1 Å². The van der Waals surface area contributed by atoms with E-state index in [9.17, 15) is 44.7 Å². The van der Waals surface area contributed by atoms with Crippen LogP contribution in [0.5, 0.6) is 0 Å². The van der Waals surface area contributed by atoms with Crippen molar-refractivity contribution in [3.05, 3.63) is 11.1 Å². The van der Waals surface area contributed by atoms with Crippen molar-refractivity contribution in [3.63, 3.8) is 0 Å². The van der Waals surface area contributed by atoms with Gasteiger partial charge in [0.2, 0.25) is 0 Å². The molecule has 1 aliphatic heterocycles. The van der Waals surface area contributed by atoms with Crippen molar-refractivity contribution in [1.29, 1.82) is 0 Å². The Morgan fingerprint density at radius 1 is 1.14 bits per heavy atom. The first-order valence-electron chi connectivity index (χ1n) is 14.5. The van der Waals surface area contributed by atoms with Crippen LogP contribution in [0.25, 0.3) is 0 Å². The van der Waals surface area contributed by atoms with Gasteiger partial charge in [-0.15, -0.1) is 0 Å². The maximum absolute atomic E-state index is 14.2. The Morgan fingerprint density at radius 2 is 1.77 bits per heavy atom. The highest BCUT2D eigenvalue weighted by Gasteiger charge is 2.76. The fraction of sp³-hybridized carbons (Fsp3) is 0.793. The molecule has 1 heterocycles. The topological polar surface area (TPSA) is 218 Å². The number of esters is 2. The molecular weight excluding hydrogens is 570 g/mol. The molecule has 242 valence electrons. The quantitative estimate of drug-likeness (QED) is 0.124. The zero-order valence-corrected chi connectivity index (χ0v) is 25.4. The molecule has 0 aromatic rings. The fourth-order valence-corrected chi connectivity index (χ4v) is 7.65. The van der Waals surface area contributed by atoms with Gasteiger partial charge in [0.05, 0.1) is 36.9 Å². The van der Waals surface area contributed by atoms with Crippen LogP contribution in [-0.2, 0) is 33.3 Å². The molecule has 1 amide bonds. The highest BCUT2D eigenvalue weighted by Crippen LogP contribution is 2.63. The van der Waals surface area contributed by atoms with Crippen LogP contribution in [0, 0.1) is 16.7 Å². The Bertz CT molecular complexity index is 1220. The lowest BCUT2D eigenvalue weighted by Crippen LogP contribution is -2.81. The van der Waals surface area contributed by atoms with Crippen LogP contribution < -0.4 is 5.32 Å². The van der Waals surface area contributed by atoms with Gasteiger partial charge in [0.1, 0.15) is 29.5 Å². The smallest absolute Gasteiger partial charge is 0.407 e. The number of fused-ring (bicyclic) bond motifs is 5. The molecule has 4 rings (SSSR count). The number of hydrogen-bond donors (Lipinski definition) is 6. The zero-order chi connectivity index (χ0) is 32.4. The maximum atomic E-state index is 14.2. The average molecular weight is 614 g/mol. The van der Waals surface area contributed by atoms with Gasteiger partial charge in [0.25, 0.3) is 0 Å². The van der Waals surface area contributed by atoms with E-state index >= 15 is 0 Å². The number of nitrogens with one attached hydrogen (secondary N) is 1. The molecule has 14 heteroatoms. The van der Waals surface area contributed by atoms with Gasteiger partial charge in [-0.3, -0.25) is 9.59 Å². The number of carbonyl (C=O) groups excluding carboxylic acids is 4. The second-order valence-corrected chi connectivity index (χ2v) is 13.0. The van der Waals surface area contributed by atoms with Crippen LogP contribution in [-0.4, -0.2) is 116 Å². The molecule has 43 heavy (non-hydrogen) atoms. The minimum absolute atomic E-state index is 0.0146. The normalized spacial score (nSPS) is 41.3. The van der Waals surface area contributed by atoms with Gasteiger partial charge >= 0.3 is 18.0 Å². The molecule has 2 bridgehead atoms. The molecule has 4 aliphatic rings. The molecular formula is C29H43NO13. The molecule has 3 aliphatic carbocycles. The largest absolute Gasteiger partial charge is 0.459 e. The summed E-state index contributed by atoms with van der Waals surface area (Å²) in [4.78, 5) is 51.6. The number of aliphatic hydroxyl groups excluding tert-OH is 3. The van der Waals surface area contributed by atoms with Gasteiger partial charge < -0.3 is 49.8 Å². The minimum atomic E-state index is -2.20. The summed E-state index contributed by atoms with van der Waals surface area (Å²) in [6.07, 6.45) is -10.6. The van der Waals surface area contributed by atoms with Crippen LogP contribution in [0.1, 0.15) is 61.3 Å². The first kappa shape index (κ1) is 33.3. The van der Waals surface area contributed by atoms with E-state index in [1.54, 1.807) is 6.92 Å². The van der Waals surface area contributed by atoms with Crippen molar-refractivity contribution in [3.8, 4) is 0 Å². The number of alkyl carbamates (subject to hydrolysis) is 1. The predicted molar refractivity (Wildman–Crippen MR) is 145 cm³/mol. The van der Waals surface area contributed by atoms with E-state index in [1.165, 1.54) is 34.6 Å². The van der Waals surface area contributed by atoms with Gasteiger partial charge in [-0.25, -0.2) is 9.59 Å². The summed E-state index contributed by atoms with van der Waals surface area (Å²) in [7, 11) is 0. The molecule has 2 saturated carbocycles. The van der Waals surface area contributed by atoms with Crippen LogP contribution in [0.2, 0.25) is 0 Å². The maximum Gasteiger partial charge on any atom is 0.407 e. The zero-order valence-electron chi connectivity index (χ0n) is 25.4. The summed E-state index contributed by atoms with van der Waals surface area (Å²) >= 11 is 0. The lowest BCUT2D eigenvalue weighted by Gasteiger charge is -2.66. The Hall–Kier alpha value is -2.62. The summed E-state index contributed by atoms with van der Waals surface area (Å²) in [6, 6.07) is -1.14. The lowest BCUT2D eigenvalue weighted by molar-refractivity contribution is -0.345. The molecule has 0 spiro atoms. The van der Waals surface area contributed by atoms with E-state index in [2.05, 4.69) is 5.32 Å². The molecule has 1 saturated heterocycles. The minimum Gasteiger partial charge on any atom is -0.459 e. The van der Waals surface area contributed by atoms with Crippen molar-refractivity contribution < 1.29 is 63.7 Å². The van der Waals surface area contributed by atoms with Gasteiger partial charge in [-0.05, 0) is 38.8 Å². The summed E-state index contributed by atoms with van der Waals surface area (Å²) in [5.41, 5.74) is -7.22. The number of Topliss-reactive ketones (excluding diaryl/α,β-unsaturated/α-hetero) is 1. The third kappa shape index (κ3) is 4.86. The van der Waals surface area contributed by atoms with Crippen molar-refractivity contribution in [1.82, 2.24) is 5.32 Å². The molecule has 14 nitrogen and oxygen atoms in total. The van der Waals surface area contributed by atoms with E-state index in [0.717, 1.165) is 6.92 Å². The number of ether oxygens (including phenoxy) is 4. The summed E-state index contributed by atoms with van der Waals surface area (Å²) < 4.78 is 21.7. The fourth-order valence-electron chi connectivity index (χ4n) is 7.65. The summed E-state index contributed by atoms with van der Waals surface area (Å²) in [5, 5.41) is 60.4. The molecule has 0 aromatic carbocycles. The SMILES string of the molecule is CCOC(=O)N[C@@H](C)[C@@H](O)C(=O)OC1C[C@@]2(O)[C@@H](OC(C)=O)[C@@H]3[C@]4(O)CO[C@@H]4C[C@H](O)[C@@]3(C)C(=O)[C@H](O)C(=C1C)C2(C)C. The highest BCUT2D eigenvalue weighted by molar-refractivity contribution is 5.93. The lowest BCUT2D eigenvalue weighted by atomic mass is 9.45. The number of aliphatic hydroxyl groups is 5. The van der Waals surface area contributed by atoms with E-state index in [1.807, 2.05) is 0 Å². The second kappa shape index (κ2) is 11.1. The monoisotopic (exact) mass is 613 g/mol. The number of carbonyl (C=O) groups is 4. The molecule has 6 N–H and O–H groups in total. The highest BCUT2D eigenvalue weighted by atomic mass is 16.6. The van der Waals surface area contributed by atoms with Crippen molar-refractivity contribution in [2.45, 2.75) is 115 Å². The Kier molecular flexibility index (Phi) is 8.57. The Morgan fingerprint density at radius 3 is 2.30 bits per heavy atom. The van der Waals surface area contributed by atoms with Crippen LogP contribution in [0.4, 0.5) is 4.79 Å². The van der Waals surface area contributed by atoms with E-state index in [4.69, 9.17) is 18.9 Å². The van der Waals surface area contributed by atoms with Gasteiger partial charge in [-0.1, -0.05) is 13.8 Å². The van der Waals surface area contributed by atoms with Gasteiger partial charge in [0.15, 0.2) is 11.9 Å². The van der Waals surface area contributed by atoms with E-state index in [-0.39, 0.29) is 30.8 Å². The Labute approximate surface area is 249 Å². The first-order valence-corrected chi connectivity index (χ1v) is 14.5. The third-order valence-electron chi connectivity index (χ3n) is 10.3. The van der Waals surface area contributed by atoms with Crippen molar-refractivity contribution >= 4 is 23.8 Å². The van der Waals surface area contributed by atoms with Crippen molar-refractivity contribution in [2.75, 3.05) is 13.2 Å². The van der Waals surface area contributed by atoms with E-state index in [0.29, 0.717) is 0 Å². The number of ketones is 1. The standard InChI is InChI=1S/C29H43NO13/c1-8-40-25(37)30-13(3)19(33)24(36)43-15-10-29(39)23(42-14(4)31)21-27(7,16(32)9-17-28(21,38)11-41-17)22(35)20(34)18(12(15)2)26(29,5)6/h13,15-17,19-21,23,32-34,38-39H,8-11H2,1-7H3,(H,30,37)/t13-,15?,16-,17+,19+,20+,21-,23-,27+,28-,29+/m0/s1.